The number of halogens is 2. The van der Waals surface area contributed by atoms with Crippen molar-refractivity contribution in [3.05, 3.63) is 33.8 Å². The average Bonchev–Trinajstić information content (AvgIpc) is 2.42. The highest BCUT2D eigenvalue weighted by atomic mass is 35.5. The van der Waals surface area contributed by atoms with Gasteiger partial charge >= 0.3 is 0 Å². The fourth-order valence-corrected chi connectivity index (χ4v) is 3.97. The average molecular weight is 300 g/mol. The van der Waals surface area contributed by atoms with Gasteiger partial charge in [-0.3, -0.25) is 0 Å². The van der Waals surface area contributed by atoms with Crippen molar-refractivity contribution >= 4 is 23.2 Å². The molecule has 0 heterocycles. The molecule has 1 aromatic carbocycles. The van der Waals surface area contributed by atoms with Crippen molar-refractivity contribution in [1.29, 1.82) is 0 Å². The SMILES string of the molecule is CCC1CCCCC1C(N)Cc1c(Cl)cccc1Cl. The summed E-state index contributed by atoms with van der Waals surface area (Å²) in [6.07, 6.45) is 7.26. The minimum Gasteiger partial charge on any atom is -0.327 e. The van der Waals surface area contributed by atoms with Crippen molar-refractivity contribution in [2.75, 3.05) is 0 Å². The molecule has 1 saturated carbocycles. The smallest absolute Gasteiger partial charge is 0.0453 e. The lowest BCUT2D eigenvalue weighted by Gasteiger charge is -2.35. The van der Waals surface area contributed by atoms with Crippen LogP contribution in [0.3, 0.4) is 0 Å². The number of benzene rings is 1. The number of rotatable bonds is 4. The van der Waals surface area contributed by atoms with Gasteiger partial charge in [-0.05, 0) is 42.4 Å². The van der Waals surface area contributed by atoms with Gasteiger partial charge in [-0.15, -0.1) is 0 Å². The minimum atomic E-state index is 0.169. The molecule has 106 valence electrons. The molecule has 1 aliphatic carbocycles. The Morgan fingerprint density at radius 1 is 1.21 bits per heavy atom. The topological polar surface area (TPSA) is 26.0 Å². The molecule has 3 atom stereocenters. The van der Waals surface area contributed by atoms with Crippen LogP contribution in [-0.2, 0) is 6.42 Å². The lowest BCUT2D eigenvalue weighted by Crippen LogP contribution is -2.38. The Morgan fingerprint density at radius 2 is 1.84 bits per heavy atom. The van der Waals surface area contributed by atoms with Crippen LogP contribution >= 0.6 is 23.2 Å². The largest absolute Gasteiger partial charge is 0.327 e. The molecule has 0 spiro atoms. The third-order valence-corrected chi connectivity index (χ3v) is 5.25. The fourth-order valence-electron chi connectivity index (χ4n) is 3.42. The number of nitrogens with two attached hydrogens (primary N) is 1. The summed E-state index contributed by atoms with van der Waals surface area (Å²) in [4.78, 5) is 0. The van der Waals surface area contributed by atoms with Crippen LogP contribution < -0.4 is 5.73 Å². The summed E-state index contributed by atoms with van der Waals surface area (Å²) in [5.41, 5.74) is 7.48. The monoisotopic (exact) mass is 299 g/mol. The Balaban J connectivity index is 2.09. The summed E-state index contributed by atoms with van der Waals surface area (Å²) in [6, 6.07) is 5.85. The molecule has 0 radical (unpaired) electrons. The van der Waals surface area contributed by atoms with E-state index in [9.17, 15) is 0 Å². The van der Waals surface area contributed by atoms with Crippen LogP contribution in [-0.4, -0.2) is 6.04 Å². The Hall–Kier alpha value is -0.240. The van der Waals surface area contributed by atoms with Crippen LogP contribution in [0.15, 0.2) is 18.2 Å². The van der Waals surface area contributed by atoms with Crippen molar-refractivity contribution < 1.29 is 0 Å². The fraction of sp³-hybridized carbons (Fsp3) is 0.625. The molecule has 19 heavy (non-hydrogen) atoms. The Bertz CT molecular complexity index is 399. The zero-order valence-electron chi connectivity index (χ0n) is 11.5. The highest BCUT2D eigenvalue weighted by Crippen LogP contribution is 2.36. The van der Waals surface area contributed by atoms with E-state index in [0.29, 0.717) is 5.92 Å². The summed E-state index contributed by atoms with van der Waals surface area (Å²) in [6.45, 7) is 2.28. The molecular weight excluding hydrogens is 277 g/mol. The van der Waals surface area contributed by atoms with Crippen LogP contribution in [0, 0.1) is 11.8 Å². The van der Waals surface area contributed by atoms with Crippen molar-refractivity contribution in [1.82, 2.24) is 0 Å². The molecule has 0 bridgehead atoms. The van der Waals surface area contributed by atoms with E-state index in [1.165, 1.54) is 32.1 Å². The molecule has 2 N–H and O–H groups in total. The number of hydrogen-bond donors (Lipinski definition) is 1. The summed E-state index contributed by atoms with van der Waals surface area (Å²) < 4.78 is 0. The Morgan fingerprint density at radius 3 is 2.47 bits per heavy atom. The molecule has 0 aliphatic heterocycles. The molecule has 1 fully saturated rings. The van der Waals surface area contributed by atoms with E-state index in [1.807, 2.05) is 18.2 Å². The number of hydrogen-bond acceptors (Lipinski definition) is 1. The molecule has 3 unspecified atom stereocenters. The van der Waals surface area contributed by atoms with Crippen molar-refractivity contribution in [3.63, 3.8) is 0 Å². The van der Waals surface area contributed by atoms with Gasteiger partial charge in [0.15, 0.2) is 0 Å². The molecule has 1 aromatic rings. The van der Waals surface area contributed by atoms with Gasteiger partial charge in [0.1, 0.15) is 0 Å². The molecule has 0 amide bonds. The molecule has 2 rings (SSSR count). The lowest BCUT2D eigenvalue weighted by molar-refractivity contribution is 0.195. The molecular formula is C16H23Cl2N. The molecule has 1 nitrogen and oxygen atoms in total. The highest BCUT2D eigenvalue weighted by molar-refractivity contribution is 6.36. The van der Waals surface area contributed by atoms with Gasteiger partial charge in [0.05, 0.1) is 0 Å². The van der Waals surface area contributed by atoms with Gasteiger partial charge in [0.25, 0.3) is 0 Å². The minimum absolute atomic E-state index is 0.169. The van der Waals surface area contributed by atoms with Crippen molar-refractivity contribution in [2.45, 2.75) is 51.5 Å². The van der Waals surface area contributed by atoms with E-state index in [2.05, 4.69) is 6.92 Å². The molecule has 3 heteroatoms. The van der Waals surface area contributed by atoms with Crippen LogP contribution in [0.4, 0.5) is 0 Å². The second-order valence-electron chi connectivity index (χ2n) is 5.68. The molecule has 0 saturated heterocycles. The first kappa shape index (κ1) is 15.2. The van der Waals surface area contributed by atoms with Crippen molar-refractivity contribution in [2.24, 2.45) is 17.6 Å². The van der Waals surface area contributed by atoms with E-state index in [0.717, 1.165) is 27.9 Å². The summed E-state index contributed by atoms with van der Waals surface area (Å²) in [5.74, 6) is 1.39. The van der Waals surface area contributed by atoms with Crippen molar-refractivity contribution in [3.8, 4) is 0 Å². The second kappa shape index (κ2) is 6.97. The highest BCUT2D eigenvalue weighted by Gasteiger charge is 2.29. The van der Waals surface area contributed by atoms with Crippen LogP contribution in [0.25, 0.3) is 0 Å². The summed E-state index contributed by atoms with van der Waals surface area (Å²) in [7, 11) is 0. The molecule has 0 aromatic heterocycles. The Kier molecular flexibility index (Phi) is 5.56. The first-order valence-corrected chi connectivity index (χ1v) is 8.07. The van der Waals surface area contributed by atoms with E-state index < -0.39 is 0 Å². The molecule has 1 aliphatic rings. The summed E-state index contributed by atoms with van der Waals surface area (Å²) >= 11 is 12.5. The van der Waals surface area contributed by atoms with Crippen LogP contribution in [0.2, 0.25) is 10.0 Å². The van der Waals surface area contributed by atoms with Gasteiger partial charge in [0.2, 0.25) is 0 Å². The van der Waals surface area contributed by atoms with Crippen LogP contribution in [0.5, 0.6) is 0 Å². The maximum atomic E-state index is 6.47. The lowest BCUT2D eigenvalue weighted by atomic mass is 9.73. The predicted molar refractivity (Wildman–Crippen MR) is 83.9 cm³/mol. The third kappa shape index (κ3) is 3.65. The summed E-state index contributed by atoms with van der Waals surface area (Å²) in [5, 5.41) is 1.48. The maximum Gasteiger partial charge on any atom is 0.0453 e. The van der Waals surface area contributed by atoms with Gasteiger partial charge in [-0.2, -0.15) is 0 Å². The van der Waals surface area contributed by atoms with Gasteiger partial charge in [-0.25, -0.2) is 0 Å². The normalized spacial score (nSPS) is 25.3. The first-order valence-electron chi connectivity index (χ1n) is 7.32. The second-order valence-corrected chi connectivity index (χ2v) is 6.50. The Labute approximate surface area is 126 Å². The van der Waals surface area contributed by atoms with E-state index in [4.69, 9.17) is 28.9 Å². The quantitative estimate of drug-likeness (QED) is 0.824. The zero-order chi connectivity index (χ0) is 13.8. The van der Waals surface area contributed by atoms with E-state index in [-0.39, 0.29) is 6.04 Å². The van der Waals surface area contributed by atoms with Gasteiger partial charge in [-0.1, -0.05) is 61.9 Å². The van der Waals surface area contributed by atoms with Gasteiger partial charge < -0.3 is 5.73 Å². The first-order chi connectivity index (χ1) is 9.13. The predicted octanol–water partition coefficient (Wildman–Crippen LogP) is 5.08. The van der Waals surface area contributed by atoms with E-state index in [1.54, 1.807) is 0 Å². The van der Waals surface area contributed by atoms with Gasteiger partial charge in [0, 0.05) is 16.1 Å². The van der Waals surface area contributed by atoms with Crippen LogP contribution in [0.1, 0.15) is 44.6 Å². The van der Waals surface area contributed by atoms with E-state index >= 15 is 0 Å². The zero-order valence-corrected chi connectivity index (χ0v) is 13.1. The maximum absolute atomic E-state index is 6.47. The standard InChI is InChI=1S/C16H23Cl2N/c1-2-11-6-3-4-7-12(11)16(19)10-13-14(17)8-5-9-15(13)18/h5,8-9,11-12,16H,2-4,6-7,10,19H2,1H3. The third-order valence-electron chi connectivity index (χ3n) is 4.54.